The molecular weight excluding hydrogens is 214 g/mol. The second-order valence-corrected chi connectivity index (χ2v) is 4.40. The average Bonchev–Trinajstić information content (AvgIpc) is 2.83. The molecule has 1 aliphatic heterocycles. The molecule has 2 rings (SSSR count). The molecule has 3 N–H and O–H groups in total. The Hall–Kier alpha value is -1.36. The summed E-state index contributed by atoms with van der Waals surface area (Å²) in [7, 11) is 0. The number of hydrogen-bond donors (Lipinski definition) is 3. The van der Waals surface area contributed by atoms with Crippen LogP contribution in [-0.2, 0) is 0 Å². The molecule has 1 aromatic heterocycles. The highest BCUT2D eigenvalue weighted by Gasteiger charge is 2.14. The highest BCUT2D eigenvalue weighted by molar-refractivity contribution is 5.47. The molecule has 1 atom stereocenters. The first-order valence-electron chi connectivity index (χ1n) is 6.41. The van der Waals surface area contributed by atoms with Crippen molar-refractivity contribution in [2.75, 3.05) is 30.3 Å². The molecule has 0 bridgehead atoms. The molecular formula is C12H21N5. The summed E-state index contributed by atoms with van der Waals surface area (Å²) in [5.41, 5.74) is 0. The maximum Gasteiger partial charge on any atom is 0.131 e. The second-order valence-electron chi connectivity index (χ2n) is 4.40. The van der Waals surface area contributed by atoms with E-state index in [1.807, 2.05) is 6.07 Å². The molecule has 1 saturated heterocycles. The van der Waals surface area contributed by atoms with Crippen LogP contribution in [0, 0.1) is 0 Å². The van der Waals surface area contributed by atoms with Gasteiger partial charge in [0.2, 0.25) is 0 Å². The van der Waals surface area contributed by atoms with Crippen LogP contribution >= 0.6 is 0 Å². The Kier molecular flexibility index (Phi) is 4.55. The number of hydrogen-bond acceptors (Lipinski definition) is 5. The lowest BCUT2D eigenvalue weighted by molar-refractivity contribution is 0.786. The lowest BCUT2D eigenvalue weighted by atomic mass is 10.2. The zero-order valence-corrected chi connectivity index (χ0v) is 10.4. The summed E-state index contributed by atoms with van der Waals surface area (Å²) >= 11 is 0. The van der Waals surface area contributed by atoms with Gasteiger partial charge in [0.25, 0.3) is 0 Å². The molecule has 0 amide bonds. The molecule has 0 saturated carbocycles. The summed E-state index contributed by atoms with van der Waals surface area (Å²) < 4.78 is 0. The second kappa shape index (κ2) is 6.39. The highest BCUT2D eigenvalue weighted by Crippen LogP contribution is 2.12. The molecule has 1 aromatic rings. The van der Waals surface area contributed by atoms with Gasteiger partial charge in [0, 0.05) is 25.2 Å². The third-order valence-corrected chi connectivity index (χ3v) is 2.92. The topological polar surface area (TPSA) is 61.9 Å². The Morgan fingerprint density at radius 3 is 3.06 bits per heavy atom. The van der Waals surface area contributed by atoms with E-state index >= 15 is 0 Å². The Labute approximate surface area is 102 Å². The van der Waals surface area contributed by atoms with Gasteiger partial charge in [-0.2, -0.15) is 0 Å². The number of rotatable bonds is 6. The van der Waals surface area contributed by atoms with Crippen molar-refractivity contribution in [3.05, 3.63) is 12.4 Å². The Bertz CT molecular complexity index is 335. The van der Waals surface area contributed by atoms with Crippen LogP contribution in [0.2, 0.25) is 0 Å². The van der Waals surface area contributed by atoms with Crippen molar-refractivity contribution < 1.29 is 0 Å². The van der Waals surface area contributed by atoms with Gasteiger partial charge in [0.05, 0.1) is 0 Å². The SMILES string of the molecule is CCCCNc1cc(N[C@H]2CCNC2)ncn1. The number of anilines is 2. The molecule has 0 aromatic carbocycles. The third kappa shape index (κ3) is 3.85. The monoisotopic (exact) mass is 235 g/mol. The summed E-state index contributed by atoms with van der Waals surface area (Å²) in [4.78, 5) is 8.45. The molecule has 0 radical (unpaired) electrons. The van der Waals surface area contributed by atoms with Crippen molar-refractivity contribution in [1.29, 1.82) is 0 Å². The summed E-state index contributed by atoms with van der Waals surface area (Å²) in [6.07, 6.45) is 5.12. The number of unbranched alkanes of at least 4 members (excludes halogenated alkanes) is 1. The summed E-state index contributed by atoms with van der Waals surface area (Å²) in [6, 6.07) is 2.47. The van der Waals surface area contributed by atoms with Gasteiger partial charge in [-0.25, -0.2) is 9.97 Å². The fourth-order valence-corrected chi connectivity index (χ4v) is 1.91. The Morgan fingerprint density at radius 1 is 1.41 bits per heavy atom. The fourth-order valence-electron chi connectivity index (χ4n) is 1.91. The maximum absolute atomic E-state index is 4.24. The van der Waals surface area contributed by atoms with Crippen LogP contribution in [0.4, 0.5) is 11.6 Å². The average molecular weight is 235 g/mol. The predicted molar refractivity (Wildman–Crippen MR) is 70.3 cm³/mol. The molecule has 5 heteroatoms. The minimum absolute atomic E-state index is 0.494. The number of aromatic nitrogens is 2. The lowest BCUT2D eigenvalue weighted by Gasteiger charge is -2.12. The van der Waals surface area contributed by atoms with Crippen molar-refractivity contribution in [3.63, 3.8) is 0 Å². The summed E-state index contributed by atoms with van der Waals surface area (Å²) in [5.74, 6) is 1.81. The molecule has 0 spiro atoms. The largest absolute Gasteiger partial charge is 0.370 e. The summed E-state index contributed by atoms with van der Waals surface area (Å²) in [6.45, 7) is 5.26. The number of nitrogens with one attached hydrogen (secondary N) is 3. The van der Waals surface area contributed by atoms with E-state index in [1.54, 1.807) is 6.33 Å². The predicted octanol–water partition coefficient (Wildman–Crippen LogP) is 1.46. The molecule has 17 heavy (non-hydrogen) atoms. The van der Waals surface area contributed by atoms with Crippen LogP contribution in [0.5, 0.6) is 0 Å². The molecule has 5 nitrogen and oxygen atoms in total. The van der Waals surface area contributed by atoms with Gasteiger partial charge in [0.1, 0.15) is 18.0 Å². The van der Waals surface area contributed by atoms with Gasteiger partial charge >= 0.3 is 0 Å². The van der Waals surface area contributed by atoms with E-state index in [0.29, 0.717) is 6.04 Å². The zero-order valence-electron chi connectivity index (χ0n) is 10.4. The van der Waals surface area contributed by atoms with Crippen molar-refractivity contribution in [1.82, 2.24) is 15.3 Å². The lowest BCUT2D eigenvalue weighted by Crippen LogP contribution is -2.22. The van der Waals surface area contributed by atoms with E-state index in [2.05, 4.69) is 32.8 Å². The van der Waals surface area contributed by atoms with E-state index in [4.69, 9.17) is 0 Å². The van der Waals surface area contributed by atoms with Crippen molar-refractivity contribution in [2.45, 2.75) is 32.2 Å². The molecule has 2 heterocycles. The summed E-state index contributed by atoms with van der Waals surface area (Å²) in [5, 5.41) is 10.0. The van der Waals surface area contributed by atoms with Crippen LogP contribution in [0.25, 0.3) is 0 Å². The zero-order chi connectivity index (χ0) is 11.9. The Morgan fingerprint density at radius 2 is 2.29 bits per heavy atom. The van der Waals surface area contributed by atoms with Crippen molar-refractivity contribution in [2.24, 2.45) is 0 Å². The fraction of sp³-hybridized carbons (Fsp3) is 0.667. The standard InChI is InChI=1S/C12H21N5/c1-2-3-5-14-11-7-12(16-9-15-11)17-10-4-6-13-8-10/h7,9-10,13H,2-6,8H2,1H3,(H2,14,15,16,17)/t10-/m0/s1. The quantitative estimate of drug-likeness (QED) is 0.652. The minimum Gasteiger partial charge on any atom is -0.370 e. The smallest absolute Gasteiger partial charge is 0.131 e. The van der Waals surface area contributed by atoms with Crippen LogP contribution in [0.1, 0.15) is 26.2 Å². The first-order chi connectivity index (χ1) is 8.38. The van der Waals surface area contributed by atoms with Crippen LogP contribution in [0.15, 0.2) is 12.4 Å². The van der Waals surface area contributed by atoms with Gasteiger partial charge in [0.15, 0.2) is 0 Å². The third-order valence-electron chi connectivity index (χ3n) is 2.92. The van der Waals surface area contributed by atoms with Gasteiger partial charge in [-0.05, 0) is 19.4 Å². The van der Waals surface area contributed by atoms with E-state index in [9.17, 15) is 0 Å². The van der Waals surface area contributed by atoms with E-state index in [1.165, 1.54) is 12.8 Å². The molecule has 0 unspecified atom stereocenters. The van der Waals surface area contributed by atoms with E-state index in [0.717, 1.165) is 37.7 Å². The first-order valence-corrected chi connectivity index (χ1v) is 6.41. The Balaban J connectivity index is 1.86. The normalized spacial score (nSPS) is 19.2. The minimum atomic E-state index is 0.494. The van der Waals surface area contributed by atoms with E-state index < -0.39 is 0 Å². The maximum atomic E-state index is 4.24. The van der Waals surface area contributed by atoms with E-state index in [-0.39, 0.29) is 0 Å². The van der Waals surface area contributed by atoms with Crippen molar-refractivity contribution >= 4 is 11.6 Å². The molecule has 1 aliphatic rings. The molecule has 0 aliphatic carbocycles. The first kappa shape index (κ1) is 12.1. The molecule has 94 valence electrons. The van der Waals surface area contributed by atoms with Gasteiger partial charge < -0.3 is 16.0 Å². The van der Waals surface area contributed by atoms with Crippen LogP contribution in [-0.4, -0.2) is 35.6 Å². The molecule has 1 fully saturated rings. The van der Waals surface area contributed by atoms with Crippen molar-refractivity contribution in [3.8, 4) is 0 Å². The van der Waals surface area contributed by atoms with Gasteiger partial charge in [-0.15, -0.1) is 0 Å². The van der Waals surface area contributed by atoms with Gasteiger partial charge in [-0.1, -0.05) is 13.3 Å². The van der Waals surface area contributed by atoms with Gasteiger partial charge in [-0.3, -0.25) is 0 Å². The number of nitrogens with zero attached hydrogens (tertiary/aromatic N) is 2. The van der Waals surface area contributed by atoms with Crippen LogP contribution in [0.3, 0.4) is 0 Å². The highest BCUT2D eigenvalue weighted by atomic mass is 15.1. The van der Waals surface area contributed by atoms with Crippen LogP contribution < -0.4 is 16.0 Å².